The molecule has 1 aromatic rings. The van der Waals surface area contributed by atoms with Crippen molar-refractivity contribution >= 4 is 0 Å². The lowest BCUT2D eigenvalue weighted by Gasteiger charge is -2.28. The van der Waals surface area contributed by atoms with Crippen LogP contribution in [0.15, 0.2) is 24.3 Å². The molecule has 0 aromatic heterocycles. The highest BCUT2D eigenvalue weighted by Gasteiger charge is 2.21. The monoisotopic (exact) mass is 248 g/mol. The van der Waals surface area contributed by atoms with Gasteiger partial charge in [-0.3, -0.25) is 4.90 Å². The summed E-state index contributed by atoms with van der Waals surface area (Å²) >= 11 is 0. The van der Waals surface area contributed by atoms with Crippen molar-refractivity contribution in [1.29, 1.82) is 0 Å². The van der Waals surface area contributed by atoms with Crippen molar-refractivity contribution in [2.75, 3.05) is 20.2 Å². The predicted molar refractivity (Wildman–Crippen MR) is 74.7 cm³/mol. The molecule has 3 nitrogen and oxygen atoms in total. The Morgan fingerprint density at radius 3 is 2.44 bits per heavy atom. The molecule has 0 amide bonds. The molecule has 0 spiro atoms. The Morgan fingerprint density at radius 2 is 1.89 bits per heavy atom. The second-order valence-electron chi connectivity index (χ2n) is 5.05. The number of nitrogens with two attached hydrogens (primary N) is 1. The number of benzene rings is 1. The van der Waals surface area contributed by atoms with E-state index >= 15 is 0 Å². The maximum atomic E-state index is 5.73. The molecule has 0 unspecified atom stereocenters. The maximum Gasteiger partial charge on any atom is 0.118 e. The van der Waals surface area contributed by atoms with Gasteiger partial charge in [-0.15, -0.1) is 0 Å². The van der Waals surface area contributed by atoms with Gasteiger partial charge in [0.25, 0.3) is 0 Å². The average molecular weight is 248 g/mol. The summed E-state index contributed by atoms with van der Waals surface area (Å²) in [4.78, 5) is 2.54. The molecule has 1 saturated carbocycles. The van der Waals surface area contributed by atoms with Crippen molar-refractivity contribution in [1.82, 2.24) is 4.90 Å². The number of ether oxygens (including phenoxy) is 1. The standard InChI is InChI=1S/C15H24N2O/c1-18-15-8-6-13(7-9-15)12-17(11-10-16)14-4-2-3-5-14/h6-9,14H,2-5,10-12,16H2,1H3. The van der Waals surface area contributed by atoms with Crippen LogP contribution in [0, 0.1) is 0 Å². The molecule has 1 fully saturated rings. The zero-order chi connectivity index (χ0) is 12.8. The fourth-order valence-electron chi connectivity index (χ4n) is 2.79. The molecular weight excluding hydrogens is 224 g/mol. The molecule has 0 bridgehead atoms. The first-order valence-electron chi connectivity index (χ1n) is 6.90. The van der Waals surface area contributed by atoms with Gasteiger partial charge in [-0.25, -0.2) is 0 Å². The minimum Gasteiger partial charge on any atom is -0.497 e. The van der Waals surface area contributed by atoms with E-state index in [0.29, 0.717) is 0 Å². The number of methoxy groups -OCH3 is 1. The van der Waals surface area contributed by atoms with Gasteiger partial charge in [-0.05, 0) is 30.5 Å². The third kappa shape index (κ3) is 3.47. The molecule has 0 aliphatic heterocycles. The number of rotatable bonds is 6. The summed E-state index contributed by atoms with van der Waals surface area (Å²) in [5.41, 5.74) is 7.08. The van der Waals surface area contributed by atoms with Crippen LogP contribution in [0.1, 0.15) is 31.2 Å². The molecule has 0 atom stereocenters. The van der Waals surface area contributed by atoms with E-state index in [1.165, 1.54) is 31.2 Å². The Kier molecular flexibility index (Phi) is 5.02. The van der Waals surface area contributed by atoms with Gasteiger partial charge in [0.05, 0.1) is 7.11 Å². The topological polar surface area (TPSA) is 38.5 Å². The van der Waals surface area contributed by atoms with Crippen molar-refractivity contribution in [3.8, 4) is 5.75 Å². The van der Waals surface area contributed by atoms with Crippen LogP contribution in [-0.4, -0.2) is 31.1 Å². The van der Waals surface area contributed by atoms with E-state index in [1.807, 2.05) is 12.1 Å². The predicted octanol–water partition coefficient (Wildman–Crippen LogP) is 2.40. The normalized spacial score (nSPS) is 16.4. The molecule has 1 aliphatic rings. The minimum atomic E-state index is 0.732. The van der Waals surface area contributed by atoms with Gasteiger partial charge in [-0.1, -0.05) is 25.0 Å². The minimum absolute atomic E-state index is 0.732. The second-order valence-corrected chi connectivity index (χ2v) is 5.05. The molecular formula is C15H24N2O. The van der Waals surface area contributed by atoms with Crippen LogP contribution in [0.3, 0.4) is 0 Å². The summed E-state index contributed by atoms with van der Waals surface area (Å²) in [6, 6.07) is 9.10. The fraction of sp³-hybridized carbons (Fsp3) is 0.600. The lowest BCUT2D eigenvalue weighted by Crippen LogP contribution is -2.36. The van der Waals surface area contributed by atoms with E-state index < -0.39 is 0 Å². The first kappa shape index (κ1) is 13.4. The Balaban J connectivity index is 1.98. The zero-order valence-corrected chi connectivity index (χ0v) is 11.3. The summed E-state index contributed by atoms with van der Waals surface area (Å²) in [6.07, 6.45) is 5.40. The summed E-state index contributed by atoms with van der Waals surface area (Å²) < 4.78 is 5.19. The lowest BCUT2D eigenvalue weighted by molar-refractivity contribution is 0.195. The summed E-state index contributed by atoms with van der Waals surface area (Å²) in [5, 5.41) is 0. The second kappa shape index (κ2) is 6.76. The maximum absolute atomic E-state index is 5.73. The van der Waals surface area contributed by atoms with E-state index in [9.17, 15) is 0 Å². The number of hydrogen-bond acceptors (Lipinski definition) is 3. The zero-order valence-electron chi connectivity index (χ0n) is 11.3. The van der Waals surface area contributed by atoms with Crippen LogP contribution in [-0.2, 0) is 6.54 Å². The highest BCUT2D eigenvalue weighted by Crippen LogP contribution is 2.25. The quantitative estimate of drug-likeness (QED) is 0.840. The van der Waals surface area contributed by atoms with E-state index in [0.717, 1.165) is 31.4 Å². The highest BCUT2D eigenvalue weighted by molar-refractivity contribution is 5.27. The fourth-order valence-corrected chi connectivity index (χ4v) is 2.79. The third-order valence-corrected chi connectivity index (χ3v) is 3.80. The first-order chi connectivity index (χ1) is 8.83. The van der Waals surface area contributed by atoms with E-state index in [4.69, 9.17) is 10.5 Å². The van der Waals surface area contributed by atoms with Crippen LogP contribution in [0.2, 0.25) is 0 Å². The van der Waals surface area contributed by atoms with Crippen LogP contribution >= 0.6 is 0 Å². The lowest BCUT2D eigenvalue weighted by atomic mass is 10.1. The largest absolute Gasteiger partial charge is 0.497 e. The molecule has 0 heterocycles. The summed E-state index contributed by atoms with van der Waals surface area (Å²) in [7, 11) is 1.70. The van der Waals surface area contributed by atoms with Crippen LogP contribution < -0.4 is 10.5 Å². The highest BCUT2D eigenvalue weighted by atomic mass is 16.5. The SMILES string of the molecule is COc1ccc(CN(CCN)C2CCCC2)cc1. The number of hydrogen-bond donors (Lipinski definition) is 1. The van der Waals surface area contributed by atoms with E-state index in [1.54, 1.807) is 7.11 Å². The Labute approximate surface area is 110 Å². The van der Waals surface area contributed by atoms with Gasteiger partial charge in [0.1, 0.15) is 5.75 Å². The summed E-state index contributed by atoms with van der Waals surface area (Å²) in [5.74, 6) is 0.921. The first-order valence-corrected chi connectivity index (χ1v) is 6.90. The Hall–Kier alpha value is -1.06. The van der Waals surface area contributed by atoms with Crippen LogP contribution in [0.25, 0.3) is 0 Å². The van der Waals surface area contributed by atoms with Gasteiger partial charge in [0, 0.05) is 25.7 Å². The third-order valence-electron chi connectivity index (χ3n) is 3.80. The smallest absolute Gasteiger partial charge is 0.118 e. The van der Waals surface area contributed by atoms with Crippen molar-refractivity contribution in [2.45, 2.75) is 38.3 Å². The Morgan fingerprint density at radius 1 is 1.22 bits per heavy atom. The molecule has 18 heavy (non-hydrogen) atoms. The molecule has 3 heteroatoms. The molecule has 1 aliphatic carbocycles. The molecule has 2 rings (SSSR count). The van der Waals surface area contributed by atoms with Crippen LogP contribution in [0.5, 0.6) is 5.75 Å². The van der Waals surface area contributed by atoms with Gasteiger partial charge < -0.3 is 10.5 Å². The van der Waals surface area contributed by atoms with E-state index in [-0.39, 0.29) is 0 Å². The van der Waals surface area contributed by atoms with Crippen molar-refractivity contribution in [3.63, 3.8) is 0 Å². The van der Waals surface area contributed by atoms with Gasteiger partial charge in [0.2, 0.25) is 0 Å². The van der Waals surface area contributed by atoms with Crippen molar-refractivity contribution in [3.05, 3.63) is 29.8 Å². The van der Waals surface area contributed by atoms with Crippen molar-refractivity contribution in [2.24, 2.45) is 5.73 Å². The average Bonchev–Trinajstić information content (AvgIpc) is 2.93. The molecule has 0 radical (unpaired) electrons. The Bertz CT molecular complexity index is 344. The van der Waals surface area contributed by atoms with Crippen molar-refractivity contribution < 1.29 is 4.74 Å². The van der Waals surface area contributed by atoms with Gasteiger partial charge in [-0.2, -0.15) is 0 Å². The molecule has 2 N–H and O–H groups in total. The van der Waals surface area contributed by atoms with Gasteiger partial charge in [0.15, 0.2) is 0 Å². The molecule has 100 valence electrons. The summed E-state index contributed by atoms with van der Waals surface area (Å²) in [6.45, 7) is 2.75. The molecule has 0 saturated heterocycles. The van der Waals surface area contributed by atoms with E-state index in [2.05, 4.69) is 17.0 Å². The van der Waals surface area contributed by atoms with Gasteiger partial charge >= 0.3 is 0 Å². The van der Waals surface area contributed by atoms with Crippen LogP contribution in [0.4, 0.5) is 0 Å². The number of nitrogens with zero attached hydrogens (tertiary/aromatic N) is 1. The molecule has 1 aromatic carbocycles.